The smallest absolute Gasteiger partial charge is 0.264 e. The van der Waals surface area contributed by atoms with Crippen LogP contribution in [0.5, 0.6) is 5.75 Å². The number of nitrogens with one attached hydrogen (secondary N) is 1. The van der Waals surface area contributed by atoms with E-state index in [4.69, 9.17) is 4.74 Å². The molecule has 4 rings (SSSR count). The first-order valence-electron chi connectivity index (χ1n) is 14.5. The van der Waals surface area contributed by atoms with Crippen LogP contribution in [-0.4, -0.2) is 50.9 Å². The van der Waals surface area contributed by atoms with Crippen molar-refractivity contribution in [3.63, 3.8) is 0 Å². The number of amides is 2. The predicted molar refractivity (Wildman–Crippen MR) is 165 cm³/mol. The summed E-state index contributed by atoms with van der Waals surface area (Å²) in [6.45, 7) is 5.32. The van der Waals surface area contributed by atoms with Crippen molar-refractivity contribution >= 4 is 27.5 Å². The lowest BCUT2D eigenvalue weighted by molar-refractivity contribution is -0.140. The molecule has 0 aromatic heterocycles. The van der Waals surface area contributed by atoms with E-state index in [9.17, 15) is 18.0 Å². The van der Waals surface area contributed by atoms with Crippen LogP contribution in [0.4, 0.5) is 5.69 Å². The second kappa shape index (κ2) is 13.9. The zero-order chi connectivity index (χ0) is 30.3. The van der Waals surface area contributed by atoms with Crippen LogP contribution in [0.1, 0.15) is 55.7 Å². The zero-order valence-electron chi connectivity index (χ0n) is 24.9. The second-order valence-electron chi connectivity index (χ2n) is 10.8. The summed E-state index contributed by atoms with van der Waals surface area (Å²) < 4.78 is 34.6. The molecule has 1 N–H and O–H groups in total. The van der Waals surface area contributed by atoms with Gasteiger partial charge in [-0.1, -0.05) is 62.2 Å². The maximum absolute atomic E-state index is 14.3. The van der Waals surface area contributed by atoms with Crippen LogP contribution in [0.3, 0.4) is 0 Å². The van der Waals surface area contributed by atoms with Crippen molar-refractivity contribution < 1.29 is 22.7 Å². The minimum Gasteiger partial charge on any atom is -0.497 e. The van der Waals surface area contributed by atoms with E-state index in [1.54, 1.807) is 49.6 Å². The summed E-state index contributed by atoms with van der Waals surface area (Å²) in [4.78, 5) is 29.5. The van der Waals surface area contributed by atoms with Gasteiger partial charge in [-0.25, -0.2) is 8.42 Å². The van der Waals surface area contributed by atoms with Gasteiger partial charge in [0.15, 0.2) is 0 Å². The maximum Gasteiger partial charge on any atom is 0.264 e. The minimum absolute atomic E-state index is 0.0893. The van der Waals surface area contributed by atoms with Gasteiger partial charge in [0.1, 0.15) is 18.3 Å². The van der Waals surface area contributed by atoms with Gasteiger partial charge >= 0.3 is 0 Å². The zero-order valence-corrected chi connectivity index (χ0v) is 25.7. The quantitative estimate of drug-likeness (QED) is 0.305. The van der Waals surface area contributed by atoms with E-state index in [1.807, 2.05) is 39.0 Å². The fourth-order valence-electron chi connectivity index (χ4n) is 5.45. The highest BCUT2D eigenvalue weighted by Gasteiger charge is 2.35. The molecule has 1 saturated carbocycles. The SMILES string of the molecule is CC[C@H](C(=O)NC1CCCC1)N(Cc1ccc(OC)cc1)C(=O)CN(c1cccc(C)c1C)S(=O)(=O)c1ccccc1. The topological polar surface area (TPSA) is 96.0 Å². The van der Waals surface area contributed by atoms with E-state index in [0.717, 1.165) is 42.4 Å². The van der Waals surface area contributed by atoms with Gasteiger partial charge in [0.05, 0.1) is 17.7 Å². The average molecular weight is 592 g/mol. The summed E-state index contributed by atoms with van der Waals surface area (Å²) in [5, 5.41) is 3.14. The molecule has 1 aliphatic rings. The Morgan fingerprint density at radius 1 is 0.952 bits per heavy atom. The van der Waals surface area contributed by atoms with E-state index in [1.165, 1.54) is 21.3 Å². The summed E-state index contributed by atoms with van der Waals surface area (Å²) in [6.07, 6.45) is 4.36. The minimum atomic E-state index is -4.11. The molecule has 0 aliphatic heterocycles. The van der Waals surface area contributed by atoms with Gasteiger partial charge in [-0.3, -0.25) is 13.9 Å². The molecule has 1 atom stereocenters. The molecule has 0 spiro atoms. The number of ether oxygens (including phenoxy) is 1. The van der Waals surface area contributed by atoms with Crippen molar-refractivity contribution in [1.29, 1.82) is 0 Å². The van der Waals surface area contributed by atoms with Crippen molar-refractivity contribution in [2.75, 3.05) is 18.0 Å². The molecule has 0 heterocycles. The Morgan fingerprint density at radius 2 is 1.62 bits per heavy atom. The maximum atomic E-state index is 14.3. The molecule has 42 heavy (non-hydrogen) atoms. The number of hydrogen-bond donors (Lipinski definition) is 1. The largest absolute Gasteiger partial charge is 0.497 e. The molecule has 224 valence electrons. The highest BCUT2D eigenvalue weighted by Crippen LogP contribution is 2.29. The van der Waals surface area contributed by atoms with Gasteiger partial charge in [-0.15, -0.1) is 0 Å². The van der Waals surface area contributed by atoms with Gasteiger partial charge in [0.2, 0.25) is 11.8 Å². The molecule has 0 radical (unpaired) electrons. The van der Waals surface area contributed by atoms with E-state index in [0.29, 0.717) is 17.9 Å². The number of aryl methyl sites for hydroxylation is 1. The van der Waals surface area contributed by atoms with E-state index < -0.39 is 28.5 Å². The number of benzene rings is 3. The first-order valence-corrected chi connectivity index (χ1v) is 16.0. The number of methoxy groups -OCH3 is 1. The molecule has 9 heteroatoms. The van der Waals surface area contributed by atoms with Crippen molar-refractivity contribution in [1.82, 2.24) is 10.2 Å². The third-order valence-electron chi connectivity index (χ3n) is 8.05. The molecular weight excluding hydrogens is 550 g/mol. The highest BCUT2D eigenvalue weighted by atomic mass is 32.2. The monoisotopic (exact) mass is 591 g/mol. The Kier molecular flexibility index (Phi) is 10.3. The number of carbonyl (C=O) groups excluding carboxylic acids is 2. The lowest BCUT2D eigenvalue weighted by Crippen LogP contribution is -2.53. The van der Waals surface area contributed by atoms with Crippen LogP contribution < -0.4 is 14.4 Å². The Labute approximate surface area is 249 Å². The summed E-state index contributed by atoms with van der Waals surface area (Å²) in [5.74, 6) is 0.00723. The van der Waals surface area contributed by atoms with Crippen LogP contribution in [0.15, 0.2) is 77.7 Å². The van der Waals surface area contributed by atoms with E-state index >= 15 is 0 Å². The number of carbonyl (C=O) groups is 2. The first kappa shape index (κ1) is 31.1. The number of nitrogens with zero attached hydrogens (tertiary/aromatic N) is 2. The molecule has 0 unspecified atom stereocenters. The summed E-state index contributed by atoms with van der Waals surface area (Å²) >= 11 is 0. The normalized spacial score (nSPS) is 14.3. The molecule has 1 aliphatic carbocycles. The lowest BCUT2D eigenvalue weighted by Gasteiger charge is -2.34. The number of hydrogen-bond acceptors (Lipinski definition) is 5. The summed E-state index contributed by atoms with van der Waals surface area (Å²) in [7, 11) is -2.52. The fourth-order valence-corrected chi connectivity index (χ4v) is 6.95. The van der Waals surface area contributed by atoms with Crippen LogP contribution in [0, 0.1) is 13.8 Å². The number of anilines is 1. The summed E-state index contributed by atoms with van der Waals surface area (Å²) in [6, 6.07) is 20.2. The molecule has 8 nitrogen and oxygen atoms in total. The third kappa shape index (κ3) is 7.13. The van der Waals surface area contributed by atoms with Crippen LogP contribution in [-0.2, 0) is 26.2 Å². The molecule has 0 bridgehead atoms. The highest BCUT2D eigenvalue weighted by molar-refractivity contribution is 7.92. The second-order valence-corrected chi connectivity index (χ2v) is 12.7. The number of sulfonamides is 1. The van der Waals surface area contributed by atoms with Gasteiger partial charge in [-0.2, -0.15) is 0 Å². The third-order valence-corrected chi connectivity index (χ3v) is 9.83. The van der Waals surface area contributed by atoms with Crippen LogP contribution >= 0.6 is 0 Å². The van der Waals surface area contributed by atoms with Crippen molar-refractivity contribution in [2.24, 2.45) is 0 Å². The van der Waals surface area contributed by atoms with E-state index in [-0.39, 0.29) is 23.4 Å². The van der Waals surface area contributed by atoms with Crippen molar-refractivity contribution in [2.45, 2.75) is 76.4 Å². The Hall–Kier alpha value is -3.85. The first-order chi connectivity index (χ1) is 20.1. The van der Waals surface area contributed by atoms with Gasteiger partial charge in [0, 0.05) is 12.6 Å². The Bertz CT molecular complexity index is 1470. The van der Waals surface area contributed by atoms with Gasteiger partial charge in [0.25, 0.3) is 10.0 Å². The average Bonchev–Trinajstić information content (AvgIpc) is 3.51. The Morgan fingerprint density at radius 3 is 2.24 bits per heavy atom. The standard InChI is InChI=1S/C33H41N3O5S/c1-5-30(33(38)34-27-13-9-10-14-27)35(22-26-18-20-28(41-4)21-19-26)32(37)23-36(31-17-11-12-24(2)25(31)3)42(39,40)29-15-7-6-8-16-29/h6-8,11-12,15-21,27,30H,5,9-10,13-14,22-23H2,1-4H3,(H,34,38)/t30-/m1/s1. The molecule has 3 aromatic rings. The van der Waals surface area contributed by atoms with Gasteiger partial charge < -0.3 is 15.0 Å². The predicted octanol–water partition coefficient (Wildman–Crippen LogP) is 5.37. The molecular formula is C33H41N3O5S. The van der Waals surface area contributed by atoms with Crippen molar-refractivity contribution in [3.05, 3.63) is 89.5 Å². The lowest BCUT2D eigenvalue weighted by atomic mass is 10.1. The fraction of sp³-hybridized carbons (Fsp3) is 0.394. The molecule has 0 saturated heterocycles. The van der Waals surface area contributed by atoms with Gasteiger partial charge in [-0.05, 0) is 80.1 Å². The molecule has 2 amide bonds. The van der Waals surface area contributed by atoms with Crippen molar-refractivity contribution in [3.8, 4) is 5.75 Å². The van der Waals surface area contributed by atoms with E-state index in [2.05, 4.69) is 5.32 Å². The number of rotatable bonds is 12. The molecule has 3 aromatic carbocycles. The Balaban J connectivity index is 1.73. The van der Waals surface area contributed by atoms with Crippen LogP contribution in [0.25, 0.3) is 0 Å². The van der Waals surface area contributed by atoms with Crippen LogP contribution in [0.2, 0.25) is 0 Å². The molecule has 1 fully saturated rings. The summed E-state index contributed by atoms with van der Waals surface area (Å²) in [5.41, 5.74) is 2.91.